The quantitative estimate of drug-likeness (QED) is 0.166. The maximum absolute atomic E-state index is 13.0. The summed E-state index contributed by atoms with van der Waals surface area (Å²) >= 11 is 0. The van der Waals surface area contributed by atoms with Gasteiger partial charge in [0.05, 0.1) is 29.5 Å². The summed E-state index contributed by atoms with van der Waals surface area (Å²) < 4.78 is 0. The highest BCUT2D eigenvalue weighted by Gasteiger charge is 2.41. The van der Waals surface area contributed by atoms with Gasteiger partial charge in [-0.1, -0.05) is 80.9 Å². The number of allylic oxidation sites excluding steroid dienone is 5. The van der Waals surface area contributed by atoms with E-state index in [1.807, 2.05) is 0 Å². The molecule has 2 aromatic carbocycles. The number of nitrogens with one attached hydrogen (secondary N) is 2. The molecule has 8 rings (SSSR count). The Hall–Kier alpha value is -4.32. The van der Waals surface area contributed by atoms with Gasteiger partial charge in [0.1, 0.15) is 13.6 Å². The summed E-state index contributed by atoms with van der Waals surface area (Å²) in [5, 5.41) is 8.98. The second-order valence-corrected chi connectivity index (χ2v) is 16.0. The molecule has 2 N–H and O–H groups in total. The highest BCUT2D eigenvalue weighted by molar-refractivity contribution is 6.34. The van der Waals surface area contributed by atoms with E-state index < -0.39 is 0 Å². The first-order chi connectivity index (χ1) is 25.2. The summed E-state index contributed by atoms with van der Waals surface area (Å²) in [6, 6.07) is 12.9. The van der Waals surface area contributed by atoms with Crippen LogP contribution in [-0.4, -0.2) is 30.1 Å². The van der Waals surface area contributed by atoms with Crippen LogP contribution in [0.1, 0.15) is 111 Å². The van der Waals surface area contributed by atoms with Crippen LogP contribution in [0.2, 0.25) is 0 Å². The molecule has 3 atom stereocenters. The van der Waals surface area contributed by atoms with Crippen molar-refractivity contribution in [2.45, 2.75) is 103 Å². The maximum atomic E-state index is 13.0. The number of aromatic nitrogens is 1. The van der Waals surface area contributed by atoms with Gasteiger partial charge in [-0.25, -0.2) is 4.98 Å². The molecule has 6 heteroatoms. The van der Waals surface area contributed by atoms with Crippen LogP contribution in [0.15, 0.2) is 90.4 Å². The summed E-state index contributed by atoms with van der Waals surface area (Å²) in [5.41, 5.74) is 16.1. The SMILES string of the molecule is [B]c1cc2nc3c(c4c2c(c1C)CCC4NC(=C)C(CCNC(=C)CCCc1ccccc1)CC1CC1)CN1C(=C)C2=C(C=C31)C(CC)C(=O)CC2. The number of carbonyl (C=O) groups is 1. The summed E-state index contributed by atoms with van der Waals surface area (Å²) in [7, 11) is 6.64. The first-order valence-electron chi connectivity index (χ1n) is 19.8. The zero-order valence-corrected chi connectivity index (χ0v) is 31.3. The monoisotopic (exact) mass is 688 g/mol. The molecule has 0 saturated heterocycles. The van der Waals surface area contributed by atoms with Crippen molar-refractivity contribution in [2.24, 2.45) is 17.8 Å². The van der Waals surface area contributed by atoms with Crippen LogP contribution in [-0.2, 0) is 24.2 Å². The lowest BCUT2D eigenvalue weighted by Gasteiger charge is -2.35. The fraction of sp³-hybridized carbons (Fsp3) is 0.435. The predicted octanol–water partition coefficient (Wildman–Crippen LogP) is 8.73. The van der Waals surface area contributed by atoms with Crippen molar-refractivity contribution in [3.05, 3.63) is 124 Å². The van der Waals surface area contributed by atoms with Crippen LogP contribution in [0.3, 0.4) is 0 Å². The van der Waals surface area contributed by atoms with E-state index in [0.29, 0.717) is 18.1 Å². The molecule has 3 heterocycles. The molecule has 266 valence electrons. The van der Waals surface area contributed by atoms with Crippen LogP contribution in [0, 0.1) is 24.7 Å². The zero-order chi connectivity index (χ0) is 36.1. The van der Waals surface area contributed by atoms with E-state index >= 15 is 0 Å². The van der Waals surface area contributed by atoms with E-state index in [1.54, 1.807) is 0 Å². The Morgan fingerprint density at radius 1 is 1.10 bits per heavy atom. The summed E-state index contributed by atoms with van der Waals surface area (Å²) in [6.07, 6.45) is 14.4. The molecule has 1 fully saturated rings. The fourth-order valence-electron chi connectivity index (χ4n) is 9.50. The second kappa shape index (κ2) is 14.3. The summed E-state index contributed by atoms with van der Waals surface area (Å²) in [5.74, 6) is 1.48. The Balaban J connectivity index is 1.05. The second-order valence-electron chi connectivity index (χ2n) is 16.0. The molecule has 52 heavy (non-hydrogen) atoms. The number of fused-ring (bicyclic) bond motifs is 4. The molecular formula is C46H53BN4O. The molecule has 2 aliphatic heterocycles. The highest BCUT2D eigenvalue weighted by atomic mass is 16.1. The number of ketones is 1. The number of hydrogen-bond acceptors (Lipinski definition) is 5. The van der Waals surface area contributed by atoms with Crippen LogP contribution >= 0.6 is 0 Å². The maximum Gasteiger partial charge on any atom is 0.140 e. The molecular weight excluding hydrogens is 635 g/mol. The van der Waals surface area contributed by atoms with Crippen LogP contribution < -0.4 is 16.1 Å². The lowest BCUT2D eigenvalue weighted by atomic mass is 9.77. The molecule has 0 amide bonds. The van der Waals surface area contributed by atoms with Crippen molar-refractivity contribution in [3.63, 3.8) is 0 Å². The molecule has 0 bridgehead atoms. The molecule has 5 aliphatic rings. The number of nitrogens with zero attached hydrogens (tertiary/aromatic N) is 2. The smallest absolute Gasteiger partial charge is 0.140 e. The number of aryl methyl sites for hydroxylation is 2. The molecule has 3 aliphatic carbocycles. The van der Waals surface area contributed by atoms with E-state index in [0.717, 1.165) is 115 Å². The van der Waals surface area contributed by atoms with Crippen molar-refractivity contribution in [2.75, 3.05) is 6.54 Å². The van der Waals surface area contributed by atoms with Gasteiger partial charge in [0.2, 0.25) is 0 Å². The Morgan fingerprint density at radius 3 is 2.67 bits per heavy atom. The average molecular weight is 689 g/mol. The lowest BCUT2D eigenvalue weighted by Crippen LogP contribution is -2.31. The third kappa shape index (κ3) is 6.48. The Labute approximate surface area is 311 Å². The first kappa shape index (κ1) is 34.8. The third-order valence-electron chi connectivity index (χ3n) is 12.7. The molecule has 1 aromatic heterocycles. The van der Waals surface area contributed by atoms with Gasteiger partial charge in [0.15, 0.2) is 0 Å². The number of carbonyl (C=O) groups excluding carboxylic acids is 1. The Morgan fingerprint density at radius 2 is 1.90 bits per heavy atom. The number of pyridine rings is 1. The molecule has 5 nitrogen and oxygen atoms in total. The largest absolute Gasteiger partial charge is 0.389 e. The number of Topliss-reactive ketones (excluding diaryl/α,β-unsaturated/α-hetero) is 1. The van der Waals surface area contributed by atoms with Gasteiger partial charge in [0.25, 0.3) is 0 Å². The van der Waals surface area contributed by atoms with Gasteiger partial charge in [-0.3, -0.25) is 4.79 Å². The number of hydrogen-bond donors (Lipinski definition) is 2. The van der Waals surface area contributed by atoms with E-state index in [-0.39, 0.29) is 12.0 Å². The van der Waals surface area contributed by atoms with Gasteiger partial charge in [-0.2, -0.15) is 0 Å². The van der Waals surface area contributed by atoms with Gasteiger partial charge in [-0.05, 0) is 117 Å². The van der Waals surface area contributed by atoms with Crippen molar-refractivity contribution < 1.29 is 4.79 Å². The first-order valence-corrected chi connectivity index (χ1v) is 19.8. The van der Waals surface area contributed by atoms with Crippen LogP contribution in [0.5, 0.6) is 0 Å². The molecule has 0 spiro atoms. The lowest BCUT2D eigenvalue weighted by molar-refractivity contribution is -0.122. The Bertz CT molecular complexity index is 2040. The molecule has 3 aromatic rings. The fourth-order valence-corrected chi connectivity index (χ4v) is 9.50. The normalized spacial score (nSPS) is 21.0. The third-order valence-corrected chi connectivity index (χ3v) is 12.7. The average Bonchev–Trinajstić information content (AvgIpc) is 3.89. The minimum absolute atomic E-state index is 0.0648. The van der Waals surface area contributed by atoms with Gasteiger partial charge >= 0.3 is 0 Å². The molecule has 2 radical (unpaired) electrons. The van der Waals surface area contributed by atoms with Gasteiger partial charge in [0, 0.05) is 46.9 Å². The zero-order valence-electron chi connectivity index (χ0n) is 31.3. The minimum Gasteiger partial charge on any atom is -0.389 e. The van der Waals surface area contributed by atoms with Crippen molar-refractivity contribution in [3.8, 4) is 0 Å². The van der Waals surface area contributed by atoms with Crippen LogP contribution in [0.25, 0.3) is 16.6 Å². The van der Waals surface area contributed by atoms with E-state index in [9.17, 15) is 4.79 Å². The van der Waals surface area contributed by atoms with E-state index in [4.69, 9.17) is 19.4 Å². The standard InChI is InChI=1S/C46H53BN4O/c1-6-34-37-24-42-46-38(26-51(42)30(5)36(37)18-20-43(34)52)45-40(19-17-35-28(3)39(47)25-41(50-46)44(35)45)49-29(4)33(23-32-15-16-32)21-22-48-27(2)11-10-14-31-12-8-7-9-13-31/h7-9,12-13,24-25,32-34,40,48-49H,2,4-6,10-11,14-23,26H2,1,3H3. The van der Waals surface area contributed by atoms with Crippen LogP contribution in [0.4, 0.5) is 0 Å². The Kier molecular flexibility index (Phi) is 9.53. The van der Waals surface area contributed by atoms with Crippen molar-refractivity contribution >= 4 is 35.7 Å². The minimum atomic E-state index is -0.0648. The van der Waals surface area contributed by atoms with Crippen molar-refractivity contribution in [1.82, 2.24) is 20.5 Å². The molecule has 3 unspecified atom stereocenters. The van der Waals surface area contributed by atoms with Gasteiger partial charge < -0.3 is 15.5 Å². The summed E-state index contributed by atoms with van der Waals surface area (Å²) in [6.45, 7) is 19.7. The highest BCUT2D eigenvalue weighted by Crippen LogP contribution is 2.50. The predicted molar refractivity (Wildman–Crippen MR) is 215 cm³/mol. The van der Waals surface area contributed by atoms with E-state index in [1.165, 1.54) is 58.0 Å². The van der Waals surface area contributed by atoms with Gasteiger partial charge in [-0.15, -0.1) is 0 Å². The molecule has 1 saturated carbocycles. The number of benzene rings is 2. The summed E-state index contributed by atoms with van der Waals surface area (Å²) in [4.78, 5) is 20.7. The number of rotatable bonds is 14. The van der Waals surface area contributed by atoms with Crippen molar-refractivity contribution in [1.29, 1.82) is 0 Å². The topological polar surface area (TPSA) is 57.3 Å². The van der Waals surface area contributed by atoms with E-state index in [2.05, 4.69) is 85.0 Å².